The highest BCUT2D eigenvalue weighted by Gasteiger charge is 2.41. The molecule has 0 amide bonds. The zero-order valence-electron chi connectivity index (χ0n) is 18.5. The van der Waals surface area contributed by atoms with E-state index in [1.165, 1.54) is 24.3 Å². The molecule has 0 radical (unpaired) electrons. The summed E-state index contributed by atoms with van der Waals surface area (Å²) in [6, 6.07) is 6.46. The van der Waals surface area contributed by atoms with E-state index in [0.717, 1.165) is 6.92 Å². The van der Waals surface area contributed by atoms with E-state index in [1.807, 2.05) is 0 Å². The third-order valence-corrected chi connectivity index (χ3v) is 5.98. The minimum absolute atomic E-state index is 0.00503. The summed E-state index contributed by atoms with van der Waals surface area (Å²) in [7, 11) is 0. The highest BCUT2D eigenvalue weighted by molar-refractivity contribution is 5.65. The van der Waals surface area contributed by atoms with Crippen molar-refractivity contribution in [3.63, 3.8) is 0 Å². The number of esters is 1. The fraction of sp³-hybridized carbons (Fsp3) is 0.458. The van der Waals surface area contributed by atoms with Crippen LogP contribution in [0.5, 0.6) is 0 Å². The van der Waals surface area contributed by atoms with Crippen LogP contribution in [0.25, 0.3) is 0 Å². The molecule has 0 aliphatic heterocycles. The lowest BCUT2D eigenvalue weighted by molar-refractivity contribution is -0.149. The molecule has 4 atom stereocenters. The molecule has 35 heavy (non-hydrogen) atoms. The van der Waals surface area contributed by atoms with E-state index in [4.69, 9.17) is 9.47 Å². The van der Waals surface area contributed by atoms with Crippen molar-refractivity contribution in [3.05, 3.63) is 70.5 Å². The molecule has 0 bridgehead atoms. The van der Waals surface area contributed by atoms with E-state index >= 15 is 0 Å². The highest BCUT2D eigenvalue weighted by Crippen LogP contribution is 2.44. The van der Waals surface area contributed by atoms with Gasteiger partial charge in [0.25, 0.3) is 0 Å². The van der Waals surface area contributed by atoms with Crippen molar-refractivity contribution < 1.29 is 50.1 Å². The van der Waals surface area contributed by atoms with E-state index in [9.17, 15) is 40.6 Å². The molecule has 0 aromatic heterocycles. The van der Waals surface area contributed by atoms with Crippen molar-refractivity contribution in [2.24, 2.45) is 5.92 Å². The summed E-state index contributed by atoms with van der Waals surface area (Å²) in [6.45, 7) is 0.172. The molecule has 11 heteroatoms. The van der Waals surface area contributed by atoms with Crippen molar-refractivity contribution in [1.82, 2.24) is 0 Å². The molecule has 0 spiro atoms. The van der Waals surface area contributed by atoms with Gasteiger partial charge in [-0.3, -0.25) is 4.79 Å². The van der Waals surface area contributed by atoms with Crippen LogP contribution in [0.1, 0.15) is 54.0 Å². The van der Waals surface area contributed by atoms with Crippen LogP contribution in [0.3, 0.4) is 0 Å². The molecular formula is C24H23F7O4. The molecule has 0 heterocycles. The first-order valence-corrected chi connectivity index (χ1v) is 10.7. The van der Waals surface area contributed by atoms with Crippen LogP contribution in [-0.4, -0.2) is 30.4 Å². The Bertz CT molecular complexity index is 986. The summed E-state index contributed by atoms with van der Waals surface area (Å²) >= 11 is 0. The molecular weight excluding hydrogens is 485 g/mol. The second-order valence-electron chi connectivity index (χ2n) is 8.40. The normalized spacial score (nSPS) is 21.7. The monoisotopic (exact) mass is 508 g/mol. The Morgan fingerprint density at radius 3 is 2.06 bits per heavy atom. The zero-order chi connectivity index (χ0) is 26.0. The van der Waals surface area contributed by atoms with Gasteiger partial charge in [-0.05, 0) is 60.2 Å². The first-order valence-electron chi connectivity index (χ1n) is 10.7. The average molecular weight is 508 g/mol. The van der Waals surface area contributed by atoms with Crippen LogP contribution in [0.2, 0.25) is 0 Å². The van der Waals surface area contributed by atoms with E-state index in [-0.39, 0.29) is 18.6 Å². The number of halogens is 7. The van der Waals surface area contributed by atoms with E-state index in [1.54, 1.807) is 0 Å². The molecule has 192 valence electrons. The first kappa shape index (κ1) is 26.9. The topological polar surface area (TPSA) is 55.8 Å². The largest absolute Gasteiger partial charge is 0.463 e. The van der Waals surface area contributed by atoms with Crippen LogP contribution in [0.15, 0.2) is 42.5 Å². The molecule has 1 aliphatic carbocycles. The standard InChI is InChI=1S/C24H23F7O4/c1-13(33)34-12-21(16-8-17(23(26,27)28)10-18(9-16)24(29,30)31)35-20-7-4-15(11-32)22(20)14-2-5-19(25)6-3-14/h2-3,5-6,8-10,15,20-22,32H,4,7,11-12H2,1H3/t15?,20?,21-,22?/m1/s1. The second-order valence-corrected chi connectivity index (χ2v) is 8.40. The molecule has 0 saturated heterocycles. The number of carbonyl (C=O) groups is 1. The van der Waals surface area contributed by atoms with Gasteiger partial charge in [0, 0.05) is 19.4 Å². The Morgan fingerprint density at radius 1 is 1.00 bits per heavy atom. The number of benzene rings is 2. The van der Waals surface area contributed by atoms with Gasteiger partial charge in [-0.1, -0.05) is 12.1 Å². The quantitative estimate of drug-likeness (QED) is 0.366. The van der Waals surface area contributed by atoms with Gasteiger partial charge in [-0.25, -0.2) is 4.39 Å². The Kier molecular flexibility index (Phi) is 8.10. The number of hydrogen-bond donors (Lipinski definition) is 1. The Balaban J connectivity index is 2.01. The van der Waals surface area contributed by atoms with Crippen LogP contribution in [0, 0.1) is 11.7 Å². The first-order chi connectivity index (χ1) is 16.3. The maximum Gasteiger partial charge on any atom is 0.416 e. The average Bonchev–Trinajstić information content (AvgIpc) is 3.18. The van der Waals surface area contributed by atoms with Gasteiger partial charge in [0.15, 0.2) is 0 Å². The second kappa shape index (κ2) is 10.5. The zero-order valence-corrected chi connectivity index (χ0v) is 18.5. The van der Waals surface area contributed by atoms with Gasteiger partial charge < -0.3 is 14.6 Å². The molecule has 4 nitrogen and oxygen atoms in total. The SMILES string of the molecule is CC(=O)OC[C@@H](OC1CCC(CO)C1c1ccc(F)cc1)c1cc(C(F)(F)F)cc(C(F)(F)F)c1. The lowest BCUT2D eigenvalue weighted by atomic mass is 9.88. The fourth-order valence-corrected chi connectivity index (χ4v) is 4.35. The summed E-state index contributed by atoms with van der Waals surface area (Å²) in [5, 5.41) is 9.80. The van der Waals surface area contributed by atoms with Gasteiger partial charge in [-0.15, -0.1) is 0 Å². The predicted molar refractivity (Wildman–Crippen MR) is 110 cm³/mol. The Labute approximate surface area is 196 Å². The number of rotatable bonds is 7. The minimum Gasteiger partial charge on any atom is -0.463 e. The van der Waals surface area contributed by atoms with Gasteiger partial charge in [0.2, 0.25) is 0 Å². The number of ether oxygens (including phenoxy) is 2. The number of aliphatic hydroxyl groups excluding tert-OH is 1. The molecule has 1 aliphatic rings. The number of hydrogen-bond acceptors (Lipinski definition) is 4. The maximum atomic E-state index is 13.4. The van der Waals surface area contributed by atoms with Crippen molar-refractivity contribution in [2.45, 2.75) is 50.2 Å². The molecule has 3 rings (SSSR count). The van der Waals surface area contributed by atoms with E-state index in [2.05, 4.69) is 0 Å². The third kappa shape index (κ3) is 6.72. The maximum absolute atomic E-state index is 13.4. The molecule has 2 aromatic carbocycles. The van der Waals surface area contributed by atoms with Crippen LogP contribution in [-0.2, 0) is 26.6 Å². The highest BCUT2D eigenvalue weighted by atomic mass is 19.4. The summed E-state index contributed by atoms with van der Waals surface area (Å²) in [5.41, 5.74) is -2.90. The molecule has 1 fully saturated rings. The molecule has 1 saturated carbocycles. The molecule has 2 aromatic rings. The van der Waals surface area contributed by atoms with Gasteiger partial charge in [0.05, 0.1) is 17.2 Å². The lowest BCUT2D eigenvalue weighted by Crippen LogP contribution is -2.27. The fourth-order valence-electron chi connectivity index (χ4n) is 4.35. The van der Waals surface area contributed by atoms with Crippen molar-refractivity contribution in [3.8, 4) is 0 Å². The predicted octanol–water partition coefficient (Wildman–Crippen LogP) is 6.04. The van der Waals surface area contributed by atoms with Gasteiger partial charge in [0.1, 0.15) is 18.5 Å². The summed E-state index contributed by atoms with van der Waals surface area (Å²) < 4.78 is 105. The molecule has 3 unspecified atom stereocenters. The summed E-state index contributed by atoms with van der Waals surface area (Å²) in [5.74, 6) is -2.13. The van der Waals surface area contributed by atoms with Crippen LogP contribution < -0.4 is 0 Å². The van der Waals surface area contributed by atoms with Crippen molar-refractivity contribution in [2.75, 3.05) is 13.2 Å². The summed E-state index contributed by atoms with van der Waals surface area (Å²) in [4.78, 5) is 11.4. The van der Waals surface area contributed by atoms with Gasteiger partial charge in [-0.2, -0.15) is 26.3 Å². The van der Waals surface area contributed by atoms with Crippen LogP contribution >= 0.6 is 0 Å². The number of carbonyl (C=O) groups excluding carboxylic acids is 1. The Morgan fingerprint density at radius 2 is 1.57 bits per heavy atom. The Hall–Kier alpha value is -2.66. The van der Waals surface area contributed by atoms with Gasteiger partial charge >= 0.3 is 18.3 Å². The molecule has 1 N–H and O–H groups in total. The lowest BCUT2D eigenvalue weighted by Gasteiger charge is -2.29. The number of aliphatic hydroxyl groups is 1. The number of alkyl halides is 6. The summed E-state index contributed by atoms with van der Waals surface area (Å²) in [6.07, 6.45) is -11.5. The van der Waals surface area contributed by atoms with Crippen molar-refractivity contribution >= 4 is 5.97 Å². The van der Waals surface area contributed by atoms with Crippen LogP contribution in [0.4, 0.5) is 30.7 Å². The minimum atomic E-state index is -5.06. The third-order valence-electron chi connectivity index (χ3n) is 5.98. The van der Waals surface area contributed by atoms with Crippen molar-refractivity contribution in [1.29, 1.82) is 0 Å². The van der Waals surface area contributed by atoms with E-state index < -0.39 is 65.6 Å². The van der Waals surface area contributed by atoms with E-state index in [0.29, 0.717) is 30.5 Å². The smallest absolute Gasteiger partial charge is 0.416 e.